The van der Waals surface area contributed by atoms with Crippen molar-refractivity contribution in [1.29, 1.82) is 0 Å². The Balaban J connectivity index is 2.35. The van der Waals surface area contributed by atoms with Gasteiger partial charge in [0.25, 0.3) is 0 Å². The lowest BCUT2D eigenvalue weighted by atomic mass is 10.2. The molecule has 0 radical (unpaired) electrons. The zero-order chi connectivity index (χ0) is 12.0. The molecule has 1 rings (SSSR count). The Morgan fingerprint density at radius 1 is 1.44 bits per heavy atom. The summed E-state index contributed by atoms with van der Waals surface area (Å²) in [7, 11) is 0. The van der Waals surface area contributed by atoms with Crippen LogP contribution in [0.4, 0.5) is 0 Å². The molecule has 1 saturated carbocycles. The van der Waals surface area contributed by atoms with Gasteiger partial charge in [0, 0.05) is 19.5 Å². The van der Waals surface area contributed by atoms with Gasteiger partial charge in [0.1, 0.15) is 0 Å². The number of rotatable bonds is 5. The van der Waals surface area contributed by atoms with Crippen LogP contribution < -0.4 is 5.32 Å². The van der Waals surface area contributed by atoms with E-state index < -0.39 is 0 Å². The van der Waals surface area contributed by atoms with Gasteiger partial charge < -0.3 is 10.2 Å². The highest BCUT2D eigenvalue weighted by atomic mass is 16.2. The zero-order valence-electron chi connectivity index (χ0n) is 9.87. The third-order valence-corrected chi connectivity index (χ3v) is 2.85. The van der Waals surface area contributed by atoms with E-state index >= 15 is 0 Å². The number of nitrogens with one attached hydrogen (secondary N) is 1. The maximum atomic E-state index is 11.6. The maximum absolute atomic E-state index is 11.6. The molecule has 0 bridgehead atoms. The van der Waals surface area contributed by atoms with Crippen molar-refractivity contribution in [3.8, 4) is 0 Å². The quantitative estimate of drug-likeness (QED) is 0.710. The van der Waals surface area contributed by atoms with Gasteiger partial charge >= 0.3 is 0 Å². The Morgan fingerprint density at radius 3 is 2.56 bits per heavy atom. The first-order chi connectivity index (χ1) is 7.63. The summed E-state index contributed by atoms with van der Waals surface area (Å²) in [5.74, 6) is -0.162. The lowest BCUT2D eigenvalue weighted by molar-refractivity contribution is -0.134. The van der Waals surface area contributed by atoms with E-state index in [1.165, 1.54) is 24.7 Å². The van der Waals surface area contributed by atoms with Gasteiger partial charge in [-0.15, -0.1) is 6.58 Å². The smallest absolute Gasteiger partial charge is 0.239 e. The van der Waals surface area contributed by atoms with Crippen LogP contribution in [0.5, 0.6) is 0 Å². The van der Waals surface area contributed by atoms with Gasteiger partial charge in [0.05, 0.1) is 6.54 Å². The number of nitrogens with zero attached hydrogens (tertiary/aromatic N) is 1. The highest BCUT2D eigenvalue weighted by Gasteiger charge is 2.19. The summed E-state index contributed by atoms with van der Waals surface area (Å²) in [6.45, 7) is 5.59. The van der Waals surface area contributed by atoms with Crippen molar-refractivity contribution in [2.45, 2.75) is 38.6 Å². The second kappa shape index (κ2) is 6.30. The lowest BCUT2D eigenvalue weighted by Crippen LogP contribution is -2.42. The molecule has 4 nitrogen and oxygen atoms in total. The first-order valence-electron chi connectivity index (χ1n) is 5.79. The number of carbonyl (C=O) groups excluding carboxylic acids is 2. The van der Waals surface area contributed by atoms with Gasteiger partial charge in [-0.2, -0.15) is 0 Å². The molecule has 1 N–H and O–H groups in total. The summed E-state index contributed by atoms with van der Waals surface area (Å²) in [5, 5.41) is 2.96. The third-order valence-electron chi connectivity index (χ3n) is 2.85. The molecule has 0 atom stereocenters. The molecule has 2 amide bonds. The largest absolute Gasteiger partial charge is 0.352 e. The fourth-order valence-electron chi connectivity index (χ4n) is 1.98. The summed E-state index contributed by atoms with van der Waals surface area (Å²) in [5.41, 5.74) is 0. The standard InChI is InChI=1S/C12H20N2O2/c1-3-8-14(10(2)15)9-12(16)13-11-6-4-5-7-11/h3,11H,1,4-9H2,2H3,(H,13,16). The summed E-state index contributed by atoms with van der Waals surface area (Å²) in [4.78, 5) is 24.3. The van der Waals surface area contributed by atoms with Crippen molar-refractivity contribution in [2.24, 2.45) is 0 Å². The molecular weight excluding hydrogens is 204 g/mol. The molecule has 0 heterocycles. The Hall–Kier alpha value is -1.32. The summed E-state index contributed by atoms with van der Waals surface area (Å²) in [6.07, 6.45) is 6.13. The molecular formula is C12H20N2O2. The molecule has 0 aromatic rings. The van der Waals surface area contributed by atoms with Crippen LogP contribution in [0.1, 0.15) is 32.6 Å². The van der Waals surface area contributed by atoms with E-state index in [2.05, 4.69) is 11.9 Å². The minimum Gasteiger partial charge on any atom is -0.352 e. The molecule has 0 aromatic carbocycles. The molecule has 1 fully saturated rings. The van der Waals surface area contributed by atoms with Gasteiger partial charge in [0.2, 0.25) is 11.8 Å². The van der Waals surface area contributed by atoms with Crippen LogP contribution >= 0.6 is 0 Å². The summed E-state index contributed by atoms with van der Waals surface area (Å²) < 4.78 is 0. The average Bonchev–Trinajstić information content (AvgIpc) is 2.69. The van der Waals surface area contributed by atoms with Gasteiger partial charge in [-0.25, -0.2) is 0 Å². The second-order valence-corrected chi connectivity index (χ2v) is 4.24. The first kappa shape index (κ1) is 12.7. The van der Waals surface area contributed by atoms with E-state index in [4.69, 9.17) is 0 Å². The molecule has 90 valence electrons. The number of hydrogen-bond donors (Lipinski definition) is 1. The molecule has 0 aliphatic heterocycles. The van der Waals surface area contributed by atoms with E-state index in [0.717, 1.165) is 12.8 Å². The maximum Gasteiger partial charge on any atom is 0.239 e. The van der Waals surface area contributed by atoms with Gasteiger partial charge in [0.15, 0.2) is 0 Å². The van der Waals surface area contributed by atoms with E-state index in [1.807, 2.05) is 0 Å². The molecule has 1 aliphatic rings. The van der Waals surface area contributed by atoms with Crippen molar-refractivity contribution < 1.29 is 9.59 Å². The minimum absolute atomic E-state index is 0.0658. The van der Waals surface area contributed by atoms with Crippen LogP contribution in [-0.4, -0.2) is 35.8 Å². The van der Waals surface area contributed by atoms with Gasteiger partial charge in [-0.1, -0.05) is 18.9 Å². The van der Waals surface area contributed by atoms with Crippen LogP contribution in [-0.2, 0) is 9.59 Å². The first-order valence-corrected chi connectivity index (χ1v) is 5.79. The number of amides is 2. The van der Waals surface area contributed by atoms with Crippen molar-refractivity contribution in [2.75, 3.05) is 13.1 Å². The Labute approximate surface area is 96.7 Å². The van der Waals surface area contributed by atoms with Crippen LogP contribution in [0.25, 0.3) is 0 Å². The van der Waals surface area contributed by atoms with Gasteiger partial charge in [-0.05, 0) is 12.8 Å². The van der Waals surface area contributed by atoms with Crippen molar-refractivity contribution >= 4 is 11.8 Å². The molecule has 4 heteroatoms. The molecule has 0 unspecified atom stereocenters. The predicted octanol–water partition coefficient (Wildman–Crippen LogP) is 1.08. The van der Waals surface area contributed by atoms with E-state index in [9.17, 15) is 9.59 Å². The summed E-state index contributed by atoms with van der Waals surface area (Å²) >= 11 is 0. The molecule has 0 saturated heterocycles. The van der Waals surface area contributed by atoms with Crippen LogP contribution in [0.3, 0.4) is 0 Å². The van der Waals surface area contributed by atoms with Gasteiger partial charge in [-0.3, -0.25) is 9.59 Å². The highest BCUT2D eigenvalue weighted by molar-refractivity contribution is 5.84. The Bertz CT molecular complexity index is 270. The SMILES string of the molecule is C=CCN(CC(=O)NC1CCCC1)C(C)=O. The molecule has 0 aromatic heterocycles. The predicted molar refractivity (Wildman–Crippen MR) is 62.8 cm³/mol. The fraction of sp³-hybridized carbons (Fsp3) is 0.667. The zero-order valence-corrected chi connectivity index (χ0v) is 9.87. The van der Waals surface area contributed by atoms with Crippen molar-refractivity contribution in [3.63, 3.8) is 0 Å². The highest BCUT2D eigenvalue weighted by Crippen LogP contribution is 2.17. The van der Waals surface area contributed by atoms with Crippen molar-refractivity contribution in [1.82, 2.24) is 10.2 Å². The summed E-state index contributed by atoms with van der Waals surface area (Å²) in [6, 6.07) is 0.310. The van der Waals surface area contributed by atoms with E-state index in [1.54, 1.807) is 6.08 Å². The number of hydrogen-bond acceptors (Lipinski definition) is 2. The fourth-order valence-corrected chi connectivity index (χ4v) is 1.98. The van der Waals surface area contributed by atoms with Crippen LogP contribution in [0.2, 0.25) is 0 Å². The normalized spacial score (nSPS) is 15.8. The van der Waals surface area contributed by atoms with Crippen LogP contribution in [0.15, 0.2) is 12.7 Å². The molecule has 16 heavy (non-hydrogen) atoms. The minimum atomic E-state index is -0.0959. The molecule has 1 aliphatic carbocycles. The molecule has 0 spiro atoms. The monoisotopic (exact) mass is 224 g/mol. The third kappa shape index (κ3) is 4.04. The van der Waals surface area contributed by atoms with E-state index in [-0.39, 0.29) is 18.4 Å². The Kier molecular flexibility index (Phi) is 5.02. The van der Waals surface area contributed by atoms with E-state index in [0.29, 0.717) is 12.6 Å². The lowest BCUT2D eigenvalue weighted by Gasteiger charge is -2.20. The topological polar surface area (TPSA) is 49.4 Å². The Morgan fingerprint density at radius 2 is 2.06 bits per heavy atom. The van der Waals surface area contributed by atoms with Crippen molar-refractivity contribution in [3.05, 3.63) is 12.7 Å². The van der Waals surface area contributed by atoms with Crippen LogP contribution in [0, 0.1) is 0 Å². The number of carbonyl (C=O) groups is 2. The average molecular weight is 224 g/mol. The second-order valence-electron chi connectivity index (χ2n) is 4.24.